The number of hydrogen-bond donors (Lipinski definition) is 0. The monoisotopic (exact) mass is 573 g/mol. The Bertz CT molecular complexity index is 2740. The minimum absolute atomic E-state index is 0.120. The first kappa shape index (κ1) is 23.5. The van der Waals surface area contributed by atoms with Gasteiger partial charge >= 0.3 is 0 Å². The molecular weight excluding hydrogens is 550 g/mol. The van der Waals surface area contributed by atoms with Crippen molar-refractivity contribution in [2.24, 2.45) is 0 Å². The number of para-hydroxylation sites is 1. The molecule has 3 nitrogen and oxygen atoms in total. The average Bonchev–Trinajstić information content (AvgIpc) is 3.84. The van der Waals surface area contributed by atoms with Crippen molar-refractivity contribution in [2.75, 3.05) is 0 Å². The summed E-state index contributed by atoms with van der Waals surface area (Å²) in [6, 6.07) is 49.4. The van der Waals surface area contributed by atoms with Gasteiger partial charge in [-0.05, 0) is 45.0 Å². The highest BCUT2D eigenvalue weighted by Crippen LogP contribution is 2.63. The molecule has 208 valence electrons. The summed E-state index contributed by atoms with van der Waals surface area (Å²) >= 11 is 0. The van der Waals surface area contributed by atoms with E-state index in [9.17, 15) is 4.79 Å². The van der Waals surface area contributed by atoms with E-state index in [4.69, 9.17) is 4.42 Å². The molecule has 3 heterocycles. The quantitative estimate of drug-likeness (QED) is 0.196. The predicted molar refractivity (Wildman–Crippen MR) is 181 cm³/mol. The molecule has 0 unspecified atom stereocenters. The van der Waals surface area contributed by atoms with Gasteiger partial charge in [0, 0.05) is 32.7 Å². The van der Waals surface area contributed by atoms with E-state index in [1.54, 1.807) is 0 Å². The summed E-state index contributed by atoms with van der Waals surface area (Å²) in [6.07, 6.45) is 0. The fraction of sp³-hybridized carbons (Fsp3) is 0.0238. The summed E-state index contributed by atoms with van der Waals surface area (Å²) in [5.74, 6) is 0.703. The number of aromatic nitrogens is 1. The van der Waals surface area contributed by atoms with E-state index in [0.717, 1.165) is 43.7 Å². The zero-order valence-electron chi connectivity index (χ0n) is 24.0. The highest BCUT2D eigenvalue weighted by molar-refractivity contribution is 6.23. The van der Waals surface area contributed by atoms with Gasteiger partial charge in [-0.2, -0.15) is 0 Å². The van der Waals surface area contributed by atoms with Crippen molar-refractivity contribution in [3.05, 3.63) is 172 Å². The largest absolute Gasteiger partial charge is 0.450 e. The minimum atomic E-state index is -0.471. The molecule has 0 fully saturated rings. The lowest BCUT2D eigenvalue weighted by Crippen LogP contribution is -2.25. The van der Waals surface area contributed by atoms with Gasteiger partial charge in [0.25, 0.3) is 5.56 Å². The van der Waals surface area contributed by atoms with Crippen molar-refractivity contribution >= 4 is 38.2 Å². The van der Waals surface area contributed by atoms with Crippen LogP contribution in [0, 0.1) is 0 Å². The van der Waals surface area contributed by atoms with Gasteiger partial charge in [-0.3, -0.25) is 9.20 Å². The molecule has 0 bridgehead atoms. The number of fused-ring (bicyclic) bond motifs is 16. The lowest BCUT2D eigenvalue weighted by atomic mass is 9.70. The van der Waals surface area contributed by atoms with Gasteiger partial charge in [0.2, 0.25) is 5.58 Å². The summed E-state index contributed by atoms with van der Waals surface area (Å²) < 4.78 is 8.36. The minimum Gasteiger partial charge on any atom is -0.450 e. The molecule has 1 spiro atoms. The molecule has 2 aliphatic rings. The van der Waals surface area contributed by atoms with Crippen LogP contribution in [0.2, 0.25) is 0 Å². The van der Waals surface area contributed by atoms with Crippen LogP contribution in [-0.2, 0) is 5.41 Å². The van der Waals surface area contributed by atoms with Gasteiger partial charge in [0.1, 0.15) is 5.76 Å². The maximum absolute atomic E-state index is 14.7. The van der Waals surface area contributed by atoms with Crippen LogP contribution in [0.1, 0.15) is 22.3 Å². The van der Waals surface area contributed by atoms with Crippen molar-refractivity contribution < 1.29 is 4.42 Å². The highest BCUT2D eigenvalue weighted by Gasteiger charge is 2.52. The van der Waals surface area contributed by atoms with E-state index < -0.39 is 5.41 Å². The lowest BCUT2D eigenvalue weighted by molar-refractivity contribution is 0.625. The second-order valence-corrected chi connectivity index (χ2v) is 12.3. The Labute approximate surface area is 257 Å². The Morgan fingerprint density at radius 1 is 0.489 bits per heavy atom. The van der Waals surface area contributed by atoms with E-state index in [2.05, 4.69) is 103 Å². The Hall–Kier alpha value is -5.93. The van der Waals surface area contributed by atoms with Gasteiger partial charge in [0.05, 0.1) is 16.4 Å². The summed E-state index contributed by atoms with van der Waals surface area (Å²) in [5, 5.41) is 4.04. The number of furan rings is 1. The third kappa shape index (κ3) is 2.60. The van der Waals surface area contributed by atoms with Crippen LogP contribution >= 0.6 is 0 Å². The molecule has 0 aliphatic heterocycles. The van der Waals surface area contributed by atoms with Crippen LogP contribution in [0.4, 0.5) is 0 Å². The number of nitrogens with zero attached hydrogens (tertiary/aromatic N) is 1. The van der Waals surface area contributed by atoms with Crippen molar-refractivity contribution in [1.29, 1.82) is 0 Å². The Morgan fingerprint density at radius 3 is 1.78 bits per heavy atom. The van der Waals surface area contributed by atoms with Gasteiger partial charge < -0.3 is 4.42 Å². The van der Waals surface area contributed by atoms with Crippen LogP contribution in [0.5, 0.6) is 0 Å². The van der Waals surface area contributed by atoms with Gasteiger partial charge in [-0.25, -0.2) is 0 Å². The molecule has 6 aromatic carbocycles. The summed E-state index contributed by atoms with van der Waals surface area (Å²) in [4.78, 5) is 14.7. The second kappa shape index (κ2) is 7.96. The number of pyridine rings is 1. The topological polar surface area (TPSA) is 34.6 Å². The second-order valence-electron chi connectivity index (χ2n) is 12.3. The standard InChI is InChI=1S/C42H23NO2/c44-41-40-31(23-36(45-40)24-11-2-1-3-12-24)28-17-10-16-27-29-21-22-35-37(39(29)43(41)38(27)28)30-15-6-9-20-34(30)42(35)32-18-7-4-13-25(32)26-14-5-8-19-33(26)42/h1-23H. The Morgan fingerprint density at radius 2 is 1.07 bits per heavy atom. The van der Waals surface area contributed by atoms with Gasteiger partial charge in [-0.15, -0.1) is 0 Å². The van der Waals surface area contributed by atoms with Crippen LogP contribution in [-0.4, -0.2) is 4.40 Å². The Balaban J connectivity index is 1.35. The molecule has 9 aromatic rings. The Kier molecular flexibility index (Phi) is 4.16. The third-order valence-electron chi connectivity index (χ3n) is 10.4. The molecule has 0 saturated carbocycles. The summed E-state index contributed by atoms with van der Waals surface area (Å²) in [6.45, 7) is 0. The fourth-order valence-corrected chi connectivity index (χ4v) is 8.74. The van der Waals surface area contributed by atoms with Crippen molar-refractivity contribution in [2.45, 2.75) is 5.41 Å². The van der Waals surface area contributed by atoms with Crippen LogP contribution in [0.25, 0.3) is 71.7 Å². The van der Waals surface area contributed by atoms with Crippen LogP contribution < -0.4 is 5.56 Å². The number of hydrogen-bond acceptors (Lipinski definition) is 2. The van der Waals surface area contributed by atoms with Crippen molar-refractivity contribution in [3.63, 3.8) is 0 Å². The first-order valence-corrected chi connectivity index (χ1v) is 15.4. The molecule has 0 atom stereocenters. The molecule has 3 heteroatoms. The molecule has 2 aliphatic carbocycles. The van der Waals surface area contributed by atoms with Crippen LogP contribution in [0.15, 0.2) is 149 Å². The molecule has 0 amide bonds. The molecule has 0 radical (unpaired) electrons. The smallest absolute Gasteiger partial charge is 0.299 e. The van der Waals surface area contributed by atoms with Gasteiger partial charge in [0.15, 0.2) is 0 Å². The summed E-state index contributed by atoms with van der Waals surface area (Å²) in [5.41, 5.74) is 12.6. The zero-order valence-corrected chi connectivity index (χ0v) is 24.0. The molecule has 0 saturated heterocycles. The van der Waals surface area contributed by atoms with E-state index in [-0.39, 0.29) is 5.56 Å². The zero-order chi connectivity index (χ0) is 29.4. The van der Waals surface area contributed by atoms with E-state index in [1.807, 2.05) is 40.8 Å². The maximum Gasteiger partial charge on any atom is 0.299 e. The van der Waals surface area contributed by atoms with E-state index >= 15 is 0 Å². The number of benzene rings is 6. The molecular formula is C42H23NO2. The third-order valence-corrected chi connectivity index (χ3v) is 10.4. The lowest BCUT2D eigenvalue weighted by Gasteiger charge is -2.30. The number of rotatable bonds is 1. The van der Waals surface area contributed by atoms with Gasteiger partial charge in [-0.1, -0.05) is 133 Å². The van der Waals surface area contributed by atoms with E-state index in [1.165, 1.54) is 38.9 Å². The maximum atomic E-state index is 14.7. The highest BCUT2D eigenvalue weighted by atomic mass is 16.3. The first-order chi connectivity index (χ1) is 22.3. The summed E-state index contributed by atoms with van der Waals surface area (Å²) in [7, 11) is 0. The van der Waals surface area contributed by atoms with Crippen LogP contribution in [0.3, 0.4) is 0 Å². The fourth-order valence-electron chi connectivity index (χ4n) is 8.74. The van der Waals surface area contributed by atoms with Crippen molar-refractivity contribution in [1.82, 2.24) is 4.40 Å². The van der Waals surface area contributed by atoms with Crippen molar-refractivity contribution in [3.8, 4) is 33.6 Å². The molecule has 0 N–H and O–H groups in total. The molecule has 45 heavy (non-hydrogen) atoms. The first-order valence-electron chi connectivity index (χ1n) is 15.4. The molecule has 11 rings (SSSR count). The predicted octanol–water partition coefficient (Wildman–Crippen LogP) is 9.80. The average molecular weight is 574 g/mol. The normalized spacial score (nSPS) is 14.0. The SMILES string of the molecule is O=c1c2oc(-c3ccccc3)cc2c2cccc3c4ccc5c(c4n1c23)-c1ccccc1C51c2ccccc2-c2ccccc21. The molecule has 3 aromatic heterocycles. The van der Waals surface area contributed by atoms with E-state index in [0.29, 0.717) is 11.3 Å².